The fourth-order valence-corrected chi connectivity index (χ4v) is 4.58. The molecule has 0 fully saturated rings. The lowest BCUT2D eigenvalue weighted by Gasteiger charge is -2.02. The van der Waals surface area contributed by atoms with Crippen molar-refractivity contribution >= 4 is 37.3 Å². The number of terminal acetylenes is 1. The maximum Gasteiger partial charge on any atom is 0.279 e. The highest BCUT2D eigenvalue weighted by molar-refractivity contribution is 7.90. The van der Waals surface area contributed by atoms with Crippen LogP contribution in [0.3, 0.4) is 0 Å². The maximum atomic E-state index is 12.7. The number of hydrogen-bond donors (Lipinski definition) is 0. The average Bonchev–Trinajstić information content (AvgIpc) is 3.25. The zero-order valence-electron chi connectivity index (χ0n) is 14.7. The molecule has 0 spiro atoms. The second kappa shape index (κ2) is 6.82. The molecule has 0 unspecified atom stereocenters. The Kier molecular flexibility index (Phi) is 4.45. The Morgan fingerprint density at radius 3 is 2.79 bits per heavy atom. The molecule has 0 atom stereocenters. The molecule has 28 heavy (non-hydrogen) atoms. The first-order valence-corrected chi connectivity index (χ1v) is 10.8. The summed E-state index contributed by atoms with van der Waals surface area (Å²) in [7, 11) is -3.35. The van der Waals surface area contributed by atoms with Gasteiger partial charge in [-0.2, -0.15) is 4.99 Å². The first kappa shape index (κ1) is 18.3. The first-order chi connectivity index (χ1) is 13.4. The number of ether oxygens (including phenoxy) is 2. The normalized spacial score (nSPS) is 13.6. The van der Waals surface area contributed by atoms with Crippen molar-refractivity contribution in [3.63, 3.8) is 0 Å². The number of carbonyl (C=O) groups excluding carboxylic acids is 1. The van der Waals surface area contributed by atoms with Crippen molar-refractivity contribution in [2.24, 2.45) is 4.99 Å². The van der Waals surface area contributed by atoms with Crippen LogP contribution < -0.4 is 14.3 Å². The molecule has 2 heterocycles. The van der Waals surface area contributed by atoms with Crippen molar-refractivity contribution in [2.75, 3.05) is 13.0 Å². The van der Waals surface area contributed by atoms with Crippen LogP contribution in [0.1, 0.15) is 10.4 Å². The summed E-state index contributed by atoms with van der Waals surface area (Å²) in [6.07, 6.45) is 6.61. The molecule has 4 rings (SSSR count). The second-order valence-electron chi connectivity index (χ2n) is 6.06. The van der Waals surface area contributed by atoms with Crippen LogP contribution in [0, 0.1) is 12.3 Å². The summed E-state index contributed by atoms with van der Waals surface area (Å²) in [4.78, 5) is 17.4. The predicted octanol–water partition coefficient (Wildman–Crippen LogP) is 2.21. The van der Waals surface area contributed by atoms with Gasteiger partial charge in [0.25, 0.3) is 5.91 Å². The predicted molar refractivity (Wildman–Crippen MR) is 104 cm³/mol. The van der Waals surface area contributed by atoms with Crippen LogP contribution in [0.2, 0.25) is 0 Å². The molecule has 3 aromatic rings. The van der Waals surface area contributed by atoms with Crippen LogP contribution in [0.25, 0.3) is 10.2 Å². The van der Waals surface area contributed by atoms with Gasteiger partial charge in [0.15, 0.2) is 26.1 Å². The third-order valence-electron chi connectivity index (χ3n) is 4.15. The molecule has 1 aliphatic heterocycles. The monoisotopic (exact) mass is 414 g/mol. The molecular weight excluding hydrogens is 400 g/mol. The fraction of sp³-hybridized carbons (Fsp3) is 0.158. The van der Waals surface area contributed by atoms with Gasteiger partial charge >= 0.3 is 0 Å². The van der Waals surface area contributed by atoms with Gasteiger partial charge < -0.3 is 14.0 Å². The Hall–Kier alpha value is -3.09. The standard InChI is InChI=1S/C19H14N2O5S2/c1-3-8-21-14-6-5-13(28(2,23)24)10-17(14)27-19(21)20-18(22)12-4-7-15-16(9-12)26-11-25-15/h1,4-7,9-10H,8,11H2,2H3. The van der Waals surface area contributed by atoms with Gasteiger partial charge in [-0.15, -0.1) is 6.42 Å². The van der Waals surface area contributed by atoms with E-state index in [2.05, 4.69) is 10.9 Å². The molecule has 0 saturated heterocycles. The Balaban J connectivity index is 1.83. The van der Waals surface area contributed by atoms with Gasteiger partial charge in [-0.1, -0.05) is 17.3 Å². The lowest BCUT2D eigenvalue weighted by Crippen LogP contribution is -2.16. The number of aromatic nitrogens is 1. The van der Waals surface area contributed by atoms with Crippen LogP contribution in [-0.2, 0) is 16.4 Å². The van der Waals surface area contributed by atoms with Crippen LogP contribution in [0.15, 0.2) is 46.3 Å². The van der Waals surface area contributed by atoms with Crippen LogP contribution in [0.4, 0.5) is 0 Å². The lowest BCUT2D eigenvalue weighted by atomic mass is 10.2. The Morgan fingerprint density at radius 2 is 2.04 bits per heavy atom. The molecule has 1 aromatic heterocycles. The van der Waals surface area contributed by atoms with E-state index in [9.17, 15) is 13.2 Å². The molecule has 142 valence electrons. The van der Waals surface area contributed by atoms with Crippen LogP contribution in [0.5, 0.6) is 11.5 Å². The van der Waals surface area contributed by atoms with Crippen molar-refractivity contribution in [2.45, 2.75) is 11.4 Å². The van der Waals surface area contributed by atoms with E-state index in [1.165, 1.54) is 17.4 Å². The third kappa shape index (κ3) is 3.28. The summed E-state index contributed by atoms with van der Waals surface area (Å²) in [6.45, 7) is 0.316. The largest absolute Gasteiger partial charge is 0.454 e. The molecule has 0 N–H and O–H groups in total. The number of sulfone groups is 1. The quantitative estimate of drug-likeness (QED) is 0.614. The Bertz CT molecular complexity index is 1330. The SMILES string of the molecule is C#CCn1c(=NC(=O)c2ccc3c(c2)OCO3)sc2cc(S(C)(=O)=O)ccc21. The number of nitrogens with zero attached hydrogens (tertiary/aromatic N) is 2. The highest BCUT2D eigenvalue weighted by atomic mass is 32.2. The number of carbonyl (C=O) groups is 1. The molecule has 1 aliphatic rings. The van der Waals surface area contributed by atoms with Crippen molar-refractivity contribution in [3.8, 4) is 23.8 Å². The molecule has 0 radical (unpaired) electrons. The second-order valence-corrected chi connectivity index (χ2v) is 9.09. The molecular formula is C19H14N2O5S2. The van der Waals surface area contributed by atoms with E-state index >= 15 is 0 Å². The number of thiazole rings is 1. The van der Waals surface area contributed by atoms with E-state index in [-0.39, 0.29) is 18.2 Å². The van der Waals surface area contributed by atoms with Gasteiger partial charge in [-0.3, -0.25) is 4.79 Å². The maximum absolute atomic E-state index is 12.7. The van der Waals surface area contributed by atoms with Gasteiger partial charge in [0.05, 0.1) is 21.7 Å². The van der Waals surface area contributed by atoms with Gasteiger partial charge in [0, 0.05) is 11.8 Å². The molecule has 7 nitrogen and oxygen atoms in total. The van der Waals surface area contributed by atoms with Gasteiger partial charge in [0.2, 0.25) is 6.79 Å². The van der Waals surface area contributed by atoms with E-state index < -0.39 is 15.7 Å². The minimum absolute atomic E-state index is 0.116. The molecule has 1 amide bonds. The summed E-state index contributed by atoms with van der Waals surface area (Å²) in [5.74, 6) is 3.15. The molecule has 0 saturated carbocycles. The first-order valence-electron chi connectivity index (χ1n) is 8.12. The lowest BCUT2D eigenvalue weighted by molar-refractivity contribution is 0.0997. The van der Waals surface area contributed by atoms with Gasteiger partial charge in [-0.05, 0) is 36.4 Å². The number of amides is 1. The minimum Gasteiger partial charge on any atom is -0.454 e. The van der Waals surface area contributed by atoms with Crippen molar-refractivity contribution in [1.82, 2.24) is 4.57 Å². The zero-order chi connectivity index (χ0) is 19.9. The average molecular weight is 414 g/mol. The number of hydrogen-bond acceptors (Lipinski definition) is 6. The molecule has 2 aromatic carbocycles. The van der Waals surface area contributed by atoms with E-state index in [0.29, 0.717) is 32.1 Å². The van der Waals surface area contributed by atoms with Crippen molar-refractivity contribution in [1.29, 1.82) is 0 Å². The number of rotatable bonds is 3. The van der Waals surface area contributed by atoms with E-state index in [1.807, 2.05) is 0 Å². The summed E-state index contributed by atoms with van der Waals surface area (Å²) in [5.41, 5.74) is 1.07. The Morgan fingerprint density at radius 1 is 1.25 bits per heavy atom. The summed E-state index contributed by atoms with van der Waals surface area (Å²) < 4.78 is 36.5. The highest BCUT2D eigenvalue weighted by Crippen LogP contribution is 2.32. The number of fused-ring (bicyclic) bond motifs is 2. The smallest absolute Gasteiger partial charge is 0.279 e. The summed E-state index contributed by atoms with van der Waals surface area (Å²) >= 11 is 1.20. The van der Waals surface area contributed by atoms with E-state index in [1.54, 1.807) is 34.9 Å². The summed E-state index contributed by atoms with van der Waals surface area (Å²) in [5, 5.41) is 0. The van der Waals surface area contributed by atoms with E-state index in [4.69, 9.17) is 15.9 Å². The molecule has 9 heteroatoms. The highest BCUT2D eigenvalue weighted by Gasteiger charge is 2.17. The van der Waals surface area contributed by atoms with Crippen molar-refractivity contribution < 1.29 is 22.7 Å². The fourth-order valence-electron chi connectivity index (χ4n) is 2.79. The number of benzene rings is 2. The van der Waals surface area contributed by atoms with Gasteiger partial charge in [0.1, 0.15) is 0 Å². The molecule has 0 bridgehead atoms. The zero-order valence-corrected chi connectivity index (χ0v) is 16.3. The topological polar surface area (TPSA) is 87.0 Å². The third-order valence-corrected chi connectivity index (χ3v) is 6.30. The van der Waals surface area contributed by atoms with Crippen LogP contribution >= 0.6 is 11.3 Å². The molecule has 0 aliphatic carbocycles. The van der Waals surface area contributed by atoms with Crippen LogP contribution in [-0.4, -0.2) is 31.9 Å². The summed E-state index contributed by atoms with van der Waals surface area (Å²) in [6, 6.07) is 9.59. The van der Waals surface area contributed by atoms with Crippen molar-refractivity contribution in [3.05, 3.63) is 46.8 Å². The van der Waals surface area contributed by atoms with E-state index in [0.717, 1.165) is 6.26 Å². The Labute approximate surface area is 164 Å². The van der Waals surface area contributed by atoms with Gasteiger partial charge in [-0.25, -0.2) is 8.42 Å². The minimum atomic E-state index is -3.35.